The van der Waals surface area contributed by atoms with Crippen LogP contribution < -0.4 is 5.32 Å². The van der Waals surface area contributed by atoms with Crippen molar-refractivity contribution < 1.29 is 10.0 Å². The van der Waals surface area contributed by atoms with E-state index in [4.69, 9.17) is 0 Å². The summed E-state index contributed by atoms with van der Waals surface area (Å²) in [5, 5.41) is 23.7. The number of nitrogens with zero attached hydrogens (tertiary/aromatic N) is 1. The van der Waals surface area contributed by atoms with Crippen LogP contribution in [0.25, 0.3) is 0 Å². The summed E-state index contributed by atoms with van der Waals surface area (Å²) >= 11 is 0. The lowest BCUT2D eigenvalue weighted by molar-refractivity contribution is -0.384. The van der Waals surface area contributed by atoms with E-state index in [0.29, 0.717) is 5.69 Å². The van der Waals surface area contributed by atoms with E-state index >= 15 is 0 Å². The lowest BCUT2D eigenvalue weighted by Crippen LogP contribution is -2.11. The Morgan fingerprint density at radius 3 is 2.48 bits per heavy atom. The summed E-state index contributed by atoms with van der Waals surface area (Å²) in [7, 11) is 0. The Morgan fingerprint density at radius 1 is 1.24 bits per heavy atom. The molecule has 0 spiro atoms. The van der Waals surface area contributed by atoms with Gasteiger partial charge in [0.2, 0.25) is 0 Å². The molecular weight excluding hydrogens is 268 g/mol. The molecule has 0 aliphatic carbocycles. The number of rotatable bonds is 5. The summed E-state index contributed by atoms with van der Waals surface area (Å²) < 4.78 is 0. The number of nitro benzene ring substituents is 1. The van der Waals surface area contributed by atoms with Crippen LogP contribution in [-0.2, 0) is 0 Å². The van der Waals surface area contributed by atoms with Crippen molar-refractivity contribution in [3.63, 3.8) is 0 Å². The van der Waals surface area contributed by atoms with Gasteiger partial charge in [-0.3, -0.25) is 10.1 Å². The van der Waals surface area contributed by atoms with Crippen molar-refractivity contribution in [3.8, 4) is 5.75 Å². The molecule has 2 N–H and O–H groups in total. The molecule has 0 aliphatic heterocycles. The second-order valence-corrected chi connectivity index (χ2v) is 4.97. The van der Waals surface area contributed by atoms with Gasteiger partial charge in [-0.2, -0.15) is 0 Å². The fourth-order valence-corrected chi connectivity index (χ4v) is 2.20. The number of aryl methyl sites for hydroxylation is 1. The molecule has 21 heavy (non-hydrogen) atoms. The van der Waals surface area contributed by atoms with E-state index in [-0.39, 0.29) is 17.5 Å². The van der Waals surface area contributed by atoms with Gasteiger partial charge in [0.1, 0.15) is 11.4 Å². The standard InChI is InChI=1S/C16H18N2O3/c1-3-14(12-6-4-11(2)5-7-12)17-15-9-8-13(19)10-16(15)18(20)21/h4-10,14,17,19H,3H2,1-2H3. The highest BCUT2D eigenvalue weighted by molar-refractivity contribution is 5.64. The predicted molar refractivity (Wildman–Crippen MR) is 82.6 cm³/mol. The number of aromatic hydroxyl groups is 1. The predicted octanol–water partition coefficient (Wildman–Crippen LogP) is 4.17. The molecule has 0 aromatic heterocycles. The first-order valence-electron chi connectivity index (χ1n) is 6.81. The van der Waals surface area contributed by atoms with E-state index in [1.165, 1.54) is 17.7 Å². The van der Waals surface area contributed by atoms with Crippen molar-refractivity contribution in [2.24, 2.45) is 0 Å². The third-order valence-electron chi connectivity index (χ3n) is 3.40. The third kappa shape index (κ3) is 3.51. The molecule has 2 aromatic rings. The smallest absolute Gasteiger partial charge is 0.296 e. The van der Waals surface area contributed by atoms with Crippen LogP contribution in [-0.4, -0.2) is 10.0 Å². The maximum atomic E-state index is 11.1. The molecule has 0 amide bonds. The molecule has 0 radical (unpaired) electrons. The monoisotopic (exact) mass is 286 g/mol. The molecule has 0 bridgehead atoms. The zero-order chi connectivity index (χ0) is 15.4. The van der Waals surface area contributed by atoms with Gasteiger partial charge in [-0.1, -0.05) is 36.8 Å². The Labute approximate surface area is 123 Å². The molecule has 0 aliphatic rings. The van der Waals surface area contributed by atoms with Gasteiger partial charge in [-0.05, 0) is 31.0 Å². The van der Waals surface area contributed by atoms with Crippen molar-refractivity contribution in [1.82, 2.24) is 0 Å². The van der Waals surface area contributed by atoms with Gasteiger partial charge in [0, 0.05) is 0 Å². The number of anilines is 1. The van der Waals surface area contributed by atoms with Crippen molar-refractivity contribution in [1.29, 1.82) is 0 Å². The number of benzene rings is 2. The number of phenols is 1. The van der Waals surface area contributed by atoms with Crippen LogP contribution >= 0.6 is 0 Å². The van der Waals surface area contributed by atoms with Crippen molar-refractivity contribution in [2.75, 3.05) is 5.32 Å². The Hall–Kier alpha value is -2.56. The zero-order valence-electron chi connectivity index (χ0n) is 12.0. The molecule has 0 heterocycles. The zero-order valence-corrected chi connectivity index (χ0v) is 12.0. The third-order valence-corrected chi connectivity index (χ3v) is 3.40. The summed E-state index contributed by atoms with van der Waals surface area (Å²) in [4.78, 5) is 10.6. The average molecular weight is 286 g/mol. The van der Waals surface area contributed by atoms with Crippen LogP contribution in [0.15, 0.2) is 42.5 Å². The number of hydrogen-bond donors (Lipinski definition) is 2. The highest BCUT2D eigenvalue weighted by Gasteiger charge is 2.18. The lowest BCUT2D eigenvalue weighted by atomic mass is 10.0. The second kappa shape index (κ2) is 6.26. The Balaban J connectivity index is 2.30. The molecule has 0 saturated carbocycles. The Kier molecular flexibility index (Phi) is 4.42. The second-order valence-electron chi connectivity index (χ2n) is 4.97. The van der Waals surface area contributed by atoms with Crippen LogP contribution in [0.2, 0.25) is 0 Å². The van der Waals surface area contributed by atoms with Gasteiger partial charge >= 0.3 is 0 Å². The minimum absolute atomic E-state index is 0.0196. The first kappa shape index (κ1) is 14.8. The summed E-state index contributed by atoms with van der Waals surface area (Å²) in [5.41, 5.74) is 2.53. The highest BCUT2D eigenvalue weighted by Crippen LogP contribution is 2.32. The minimum atomic E-state index is -0.496. The molecule has 0 saturated heterocycles. The van der Waals surface area contributed by atoms with Crippen LogP contribution in [0.1, 0.15) is 30.5 Å². The number of hydrogen-bond acceptors (Lipinski definition) is 4. The maximum Gasteiger partial charge on any atom is 0.296 e. The van der Waals surface area contributed by atoms with Crippen LogP contribution in [0, 0.1) is 17.0 Å². The Morgan fingerprint density at radius 2 is 1.90 bits per heavy atom. The SMILES string of the molecule is CCC(Nc1ccc(O)cc1[N+](=O)[O-])c1ccc(C)cc1. The molecule has 2 aromatic carbocycles. The van der Waals surface area contributed by atoms with Gasteiger partial charge in [0.25, 0.3) is 5.69 Å². The van der Waals surface area contributed by atoms with Gasteiger partial charge in [-0.25, -0.2) is 0 Å². The topological polar surface area (TPSA) is 75.4 Å². The van der Waals surface area contributed by atoms with E-state index in [9.17, 15) is 15.2 Å². The molecule has 0 fully saturated rings. The quantitative estimate of drug-likeness (QED) is 0.491. The molecule has 5 heteroatoms. The van der Waals surface area contributed by atoms with E-state index in [0.717, 1.165) is 18.1 Å². The van der Waals surface area contributed by atoms with Crippen LogP contribution in [0.3, 0.4) is 0 Å². The van der Waals surface area contributed by atoms with Gasteiger partial charge in [0.05, 0.1) is 17.0 Å². The number of nitro groups is 1. The van der Waals surface area contributed by atoms with E-state index in [2.05, 4.69) is 5.32 Å². The van der Waals surface area contributed by atoms with Gasteiger partial charge < -0.3 is 10.4 Å². The van der Waals surface area contributed by atoms with Crippen molar-refractivity contribution in [3.05, 3.63) is 63.7 Å². The number of nitrogens with one attached hydrogen (secondary N) is 1. The van der Waals surface area contributed by atoms with E-state index in [1.54, 1.807) is 0 Å². The lowest BCUT2D eigenvalue weighted by Gasteiger charge is -2.19. The first-order valence-corrected chi connectivity index (χ1v) is 6.81. The first-order chi connectivity index (χ1) is 10.0. The van der Waals surface area contributed by atoms with Gasteiger partial charge in [0.15, 0.2) is 0 Å². The molecule has 1 atom stereocenters. The summed E-state index contributed by atoms with van der Waals surface area (Å²) in [6.45, 7) is 4.03. The molecule has 1 unspecified atom stereocenters. The van der Waals surface area contributed by atoms with Crippen molar-refractivity contribution in [2.45, 2.75) is 26.3 Å². The molecule has 110 valence electrons. The Bertz CT molecular complexity index is 638. The molecular formula is C16H18N2O3. The fraction of sp³-hybridized carbons (Fsp3) is 0.250. The normalized spacial score (nSPS) is 11.9. The van der Waals surface area contributed by atoms with Gasteiger partial charge in [-0.15, -0.1) is 0 Å². The summed E-state index contributed by atoms with van der Waals surface area (Å²) in [5.74, 6) is -0.115. The maximum absolute atomic E-state index is 11.1. The highest BCUT2D eigenvalue weighted by atomic mass is 16.6. The van der Waals surface area contributed by atoms with E-state index in [1.807, 2.05) is 38.1 Å². The van der Waals surface area contributed by atoms with Crippen LogP contribution in [0.5, 0.6) is 5.75 Å². The van der Waals surface area contributed by atoms with Crippen LogP contribution in [0.4, 0.5) is 11.4 Å². The van der Waals surface area contributed by atoms with Crippen molar-refractivity contribution >= 4 is 11.4 Å². The number of phenolic OH excluding ortho intramolecular Hbond substituents is 1. The summed E-state index contributed by atoms with van der Waals surface area (Å²) in [6.07, 6.45) is 0.793. The molecule has 2 rings (SSSR count). The minimum Gasteiger partial charge on any atom is -0.508 e. The average Bonchev–Trinajstić information content (AvgIpc) is 2.47. The van der Waals surface area contributed by atoms with E-state index < -0.39 is 4.92 Å². The summed E-state index contributed by atoms with van der Waals surface area (Å²) in [6, 6.07) is 12.2. The fourth-order valence-electron chi connectivity index (χ4n) is 2.20. The largest absolute Gasteiger partial charge is 0.508 e. The molecule has 5 nitrogen and oxygen atoms in total.